The highest BCUT2D eigenvalue weighted by Gasteiger charge is 2.29. The Hall–Kier alpha value is -2.79. The lowest BCUT2D eigenvalue weighted by atomic mass is 10.1. The number of nitrogens with one attached hydrogen (secondary N) is 1. The molecule has 2 heterocycles. The lowest BCUT2D eigenvalue weighted by Gasteiger charge is -2.31. The molecule has 2 aromatic carbocycles. The van der Waals surface area contributed by atoms with Gasteiger partial charge in [-0.05, 0) is 37.3 Å². The van der Waals surface area contributed by atoms with Gasteiger partial charge in [-0.1, -0.05) is 12.1 Å². The average molecular weight is 474 g/mol. The highest BCUT2D eigenvalue weighted by Crippen LogP contribution is 2.28. The minimum Gasteiger partial charge on any atom is -0.379 e. The summed E-state index contributed by atoms with van der Waals surface area (Å²) >= 11 is 0. The third-order valence-electron chi connectivity index (χ3n) is 5.70. The Bertz CT molecular complexity index is 1140. The second-order valence-corrected chi connectivity index (χ2v) is 9.82. The Morgan fingerprint density at radius 2 is 1.58 bits per heavy atom. The molecule has 2 aliphatic rings. The second-order valence-electron chi connectivity index (χ2n) is 7.89. The number of sulfonamides is 1. The number of carbonyl (C=O) groups excluding carboxylic acids is 2. The number of hydrogen-bond acceptors (Lipinski definition) is 7. The largest absolute Gasteiger partial charge is 0.379 e. The molecule has 9 nitrogen and oxygen atoms in total. The molecule has 0 spiro atoms. The molecule has 1 N–H and O–H groups in total. The van der Waals surface area contributed by atoms with E-state index < -0.39 is 15.9 Å². The normalized spacial score (nSPS) is 17.5. The molecule has 2 aromatic rings. The fourth-order valence-corrected chi connectivity index (χ4v) is 5.32. The van der Waals surface area contributed by atoms with Gasteiger partial charge in [0.2, 0.25) is 10.0 Å². The molecule has 2 saturated heterocycles. The van der Waals surface area contributed by atoms with Crippen LogP contribution in [0.4, 0.5) is 11.4 Å². The van der Waals surface area contributed by atoms with E-state index >= 15 is 0 Å². The third-order valence-corrected chi connectivity index (χ3v) is 7.59. The molecule has 0 aromatic heterocycles. The summed E-state index contributed by atoms with van der Waals surface area (Å²) < 4.78 is 38.5. The maximum Gasteiger partial charge on any atom is 0.257 e. The summed E-state index contributed by atoms with van der Waals surface area (Å²) in [4.78, 5) is 27.1. The van der Waals surface area contributed by atoms with E-state index in [0.29, 0.717) is 56.5 Å². The molecule has 0 unspecified atom stereocenters. The summed E-state index contributed by atoms with van der Waals surface area (Å²) in [5, 5.41) is 2.81. The van der Waals surface area contributed by atoms with Crippen molar-refractivity contribution in [1.29, 1.82) is 0 Å². The van der Waals surface area contributed by atoms with Crippen LogP contribution < -0.4 is 10.2 Å². The second kappa shape index (κ2) is 10.0. The molecular formula is C23H27N3O6S. The van der Waals surface area contributed by atoms with Gasteiger partial charge in [-0.25, -0.2) is 8.42 Å². The van der Waals surface area contributed by atoms with Crippen LogP contribution >= 0.6 is 0 Å². The monoisotopic (exact) mass is 473 g/mol. The first kappa shape index (κ1) is 23.4. The lowest BCUT2D eigenvalue weighted by Crippen LogP contribution is -2.41. The van der Waals surface area contributed by atoms with Crippen LogP contribution in [-0.4, -0.2) is 77.0 Å². The van der Waals surface area contributed by atoms with Crippen LogP contribution in [0, 0.1) is 0 Å². The van der Waals surface area contributed by atoms with E-state index in [1.807, 2.05) is 4.90 Å². The number of ether oxygens (including phenoxy) is 2. The number of anilines is 2. The van der Waals surface area contributed by atoms with Crippen molar-refractivity contribution in [3.63, 3.8) is 0 Å². The molecule has 2 fully saturated rings. The van der Waals surface area contributed by atoms with Gasteiger partial charge < -0.3 is 19.7 Å². The van der Waals surface area contributed by atoms with Crippen molar-refractivity contribution in [3.8, 4) is 0 Å². The number of amides is 1. The first-order chi connectivity index (χ1) is 15.9. The summed E-state index contributed by atoms with van der Waals surface area (Å²) in [7, 11) is -3.77. The van der Waals surface area contributed by atoms with E-state index in [2.05, 4.69) is 5.32 Å². The molecule has 0 aliphatic carbocycles. The maximum absolute atomic E-state index is 13.3. The number of carbonyl (C=O) groups is 2. The Morgan fingerprint density at radius 1 is 0.909 bits per heavy atom. The number of Topliss-reactive ketones (excluding diaryl/α,β-unsaturated/α-hetero) is 1. The van der Waals surface area contributed by atoms with Crippen molar-refractivity contribution in [2.45, 2.75) is 11.8 Å². The van der Waals surface area contributed by atoms with Crippen LogP contribution in [0.3, 0.4) is 0 Å². The smallest absolute Gasteiger partial charge is 0.257 e. The van der Waals surface area contributed by atoms with Crippen molar-refractivity contribution >= 4 is 33.1 Å². The molecule has 1 amide bonds. The van der Waals surface area contributed by atoms with Gasteiger partial charge in [-0.15, -0.1) is 0 Å². The number of benzene rings is 2. The fraction of sp³-hybridized carbons (Fsp3) is 0.391. The van der Waals surface area contributed by atoms with Gasteiger partial charge >= 0.3 is 0 Å². The zero-order valence-electron chi connectivity index (χ0n) is 18.5. The molecule has 2 aliphatic heterocycles. The molecule has 33 heavy (non-hydrogen) atoms. The summed E-state index contributed by atoms with van der Waals surface area (Å²) in [5.41, 5.74) is 1.82. The number of hydrogen-bond donors (Lipinski definition) is 1. The topological polar surface area (TPSA) is 105 Å². The van der Waals surface area contributed by atoms with Crippen molar-refractivity contribution < 1.29 is 27.5 Å². The van der Waals surface area contributed by atoms with Gasteiger partial charge in [0.1, 0.15) is 0 Å². The van der Waals surface area contributed by atoms with Crippen molar-refractivity contribution in [1.82, 2.24) is 4.31 Å². The summed E-state index contributed by atoms with van der Waals surface area (Å²) in [6.07, 6.45) is 0. The maximum atomic E-state index is 13.3. The van der Waals surface area contributed by atoms with E-state index in [0.717, 1.165) is 0 Å². The molecule has 176 valence electrons. The van der Waals surface area contributed by atoms with E-state index in [9.17, 15) is 18.0 Å². The van der Waals surface area contributed by atoms with Gasteiger partial charge in [-0.3, -0.25) is 9.59 Å². The molecule has 10 heteroatoms. The lowest BCUT2D eigenvalue weighted by molar-refractivity contribution is 0.0730. The fourth-order valence-electron chi connectivity index (χ4n) is 3.89. The molecule has 0 radical (unpaired) electrons. The predicted octanol–water partition coefficient (Wildman–Crippen LogP) is 2.00. The van der Waals surface area contributed by atoms with Crippen molar-refractivity contribution in [2.75, 3.05) is 62.8 Å². The molecule has 0 atom stereocenters. The zero-order valence-corrected chi connectivity index (χ0v) is 19.3. The summed E-state index contributed by atoms with van der Waals surface area (Å²) in [6.45, 7) is 4.91. The number of nitrogens with zero attached hydrogens (tertiary/aromatic N) is 2. The Labute approximate surface area is 193 Å². The highest BCUT2D eigenvalue weighted by atomic mass is 32.2. The van der Waals surface area contributed by atoms with E-state index in [1.165, 1.54) is 17.3 Å². The first-order valence-electron chi connectivity index (χ1n) is 10.8. The minimum atomic E-state index is -3.77. The SMILES string of the molecule is CC(=O)c1cccc(NC(=O)c2cc(S(=O)(=O)N3CCOCC3)ccc2N2CCOCC2)c1. The van der Waals surface area contributed by atoms with Gasteiger partial charge in [0, 0.05) is 43.1 Å². The van der Waals surface area contributed by atoms with E-state index in [4.69, 9.17) is 9.47 Å². The molecular weight excluding hydrogens is 446 g/mol. The van der Waals surface area contributed by atoms with Gasteiger partial charge in [0.15, 0.2) is 5.78 Å². The Morgan fingerprint density at radius 3 is 2.24 bits per heavy atom. The zero-order chi connectivity index (χ0) is 23.4. The highest BCUT2D eigenvalue weighted by molar-refractivity contribution is 7.89. The predicted molar refractivity (Wildman–Crippen MR) is 123 cm³/mol. The third kappa shape index (κ3) is 5.25. The van der Waals surface area contributed by atoms with Crippen LogP contribution in [0.5, 0.6) is 0 Å². The quantitative estimate of drug-likeness (QED) is 0.640. The van der Waals surface area contributed by atoms with Crippen LogP contribution in [0.25, 0.3) is 0 Å². The average Bonchev–Trinajstić information content (AvgIpc) is 2.85. The minimum absolute atomic E-state index is 0.0593. The van der Waals surface area contributed by atoms with Crippen molar-refractivity contribution in [3.05, 3.63) is 53.6 Å². The number of ketones is 1. The number of rotatable bonds is 6. The van der Waals surface area contributed by atoms with Crippen LogP contribution in [0.1, 0.15) is 27.6 Å². The van der Waals surface area contributed by atoms with Gasteiger partial charge in [0.05, 0.1) is 36.9 Å². The van der Waals surface area contributed by atoms with E-state index in [1.54, 1.807) is 36.4 Å². The van der Waals surface area contributed by atoms with Crippen molar-refractivity contribution in [2.24, 2.45) is 0 Å². The number of morpholine rings is 2. The Kier molecular flexibility index (Phi) is 7.08. The summed E-state index contributed by atoms with van der Waals surface area (Å²) in [6, 6.07) is 11.3. The molecule has 0 bridgehead atoms. The van der Waals surface area contributed by atoms with Crippen LogP contribution in [-0.2, 0) is 19.5 Å². The van der Waals surface area contributed by atoms with Gasteiger partial charge in [0.25, 0.3) is 5.91 Å². The Balaban J connectivity index is 1.69. The molecule has 0 saturated carbocycles. The van der Waals surface area contributed by atoms with Crippen LogP contribution in [0.15, 0.2) is 47.4 Å². The summed E-state index contributed by atoms with van der Waals surface area (Å²) in [5.74, 6) is -0.560. The van der Waals surface area contributed by atoms with E-state index in [-0.39, 0.29) is 29.3 Å². The molecule has 4 rings (SSSR count). The standard InChI is InChI=1S/C23H27N3O6S/c1-17(27)18-3-2-4-19(15-18)24-23(28)21-16-20(33(29,30)26-9-13-32-14-10-26)5-6-22(21)25-7-11-31-12-8-25/h2-6,15-16H,7-14H2,1H3,(H,24,28). The first-order valence-corrected chi connectivity index (χ1v) is 12.3. The van der Waals surface area contributed by atoms with Gasteiger partial charge in [-0.2, -0.15) is 4.31 Å². The van der Waals surface area contributed by atoms with Crippen LogP contribution in [0.2, 0.25) is 0 Å².